The molecule has 1 heterocycles. The molecule has 4 nitrogen and oxygen atoms in total. The number of rotatable bonds is 2. The summed E-state index contributed by atoms with van der Waals surface area (Å²) in [7, 11) is 0. The average Bonchev–Trinajstić information content (AvgIpc) is 2.91. The number of carbonyl (C=O) groups excluding carboxylic acids is 1. The van der Waals surface area contributed by atoms with Crippen LogP contribution in [0.4, 0.5) is 5.13 Å². The van der Waals surface area contributed by atoms with Crippen LogP contribution < -0.4 is 5.32 Å². The first-order valence-electron chi connectivity index (χ1n) is 6.35. The molecule has 3 aromatic rings. The third-order valence-corrected chi connectivity index (χ3v) is 4.05. The Morgan fingerprint density at radius 1 is 1.24 bits per heavy atom. The number of thiazole rings is 1. The molecule has 0 aliphatic heterocycles. The molecule has 1 amide bonds. The van der Waals surface area contributed by atoms with Gasteiger partial charge in [0.15, 0.2) is 5.13 Å². The number of nitrogens with one attached hydrogen (secondary N) is 1. The summed E-state index contributed by atoms with van der Waals surface area (Å²) in [6.45, 7) is 1.99. The Balaban J connectivity index is 1.85. The van der Waals surface area contributed by atoms with Crippen LogP contribution in [0.15, 0.2) is 42.5 Å². The van der Waals surface area contributed by atoms with E-state index in [1.165, 1.54) is 11.3 Å². The predicted molar refractivity (Wildman–Crippen MR) is 83.5 cm³/mol. The molecule has 0 bridgehead atoms. The molecule has 0 fully saturated rings. The molecule has 0 aliphatic carbocycles. The van der Waals surface area contributed by atoms with Crippen LogP contribution in [0.2, 0.25) is 0 Å². The summed E-state index contributed by atoms with van der Waals surface area (Å²) in [6, 6.07) is 14.5. The first-order chi connectivity index (χ1) is 10.2. The van der Waals surface area contributed by atoms with Crippen LogP contribution in [0.1, 0.15) is 21.5 Å². The van der Waals surface area contributed by atoms with E-state index in [1.807, 2.05) is 31.2 Å². The summed E-state index contributed by atoms with van der Waals surface area (Å²) in [5.74, 6) is -0.226. The van der Waals surface area contributed by atoms with E-state index >= 15 is 0 Å². The highest BCUT2D eigenvalue weighted by molar-refractivity contribution is 7.22. The molecule has 1 N–H and O–H groups in total. The molecule has 2 aromatic carbocycles. The zero-order valence-corrected chi connectivity index (χ0v) is 12.1. The monoisotopic (exact) mass is 293 g/mol. The van der Waals surface area contributed by atoms with E-state index in [0.29, 0.717) is 16.3 Å². The molecular weight excluding hydrogens is 282 g/mol. The largest absolute Gasteiger partial charge is 0.298 e. The lowest BCUT2D eigenvalue weighted by Gasteiger charge is -2.01. The van der Waals surface area contributed by atoms with Gasteiger partial charge in [-0.05, 0) is 42.8 Å². The van der Waals surface area contributed by atoms with E-state index in [9.17, 15) is 4.79 Å². The summed E-state index contributed by atoms with van der Waals surface area (Å²) in [5, 5.41) is 12.1. The molecule has 102 valence electrons. The first-order valence-corrected chi connectivity index (χ1v) is 7.17. The van der Waals surface area contributed by atoms with E-state index in [0.717, 1.165) is 15.8 Å². The highest BCUT2D eigenvalue weighted by Gasteiger charge is 2.10. The molecular formula is C16H11N3OS. The number of benzene rings is 2. The van der Waals surface area contributed by atoms with Crippen molar-refractivity contribution >= 4 is 32.6 Å². The molecule has 1 aromatic heterocycles. The highest BCUT2D eigenvalue weighted by Crippen LogP contribution is 2.28. The molecule has 0 spiro atoms. The second kappa shape index (κ2) is 5.35. The standard InChI is InChI=1S/C16H11N3OS/c1-10-3-2-4-13-14(10)18-16(21-13)19-15(20)12-7-5-11(9-17)6-8-12/h2-8H,1H3,(H,18,19,20). The van der Waals surface area contributed by atoms with E-state index < -0.39 is 0 Å². The van der Waals surface area contributed by atoms with Gasteiger partial charge in [0.2, 0.25) is 0 Å². The maximum absolute atomic E-state index is 12.1. The minimum atomic E-state index is -0.226. The van der Waals surface area contributed by atoms with Gasteiger partial charge in [0.25, 0.3) is 5.91 Å². The summed E-state index contributed by atoms with van der Waals surface area (Å²) in [5.41, 5.74) is 3.03. The van der Waals surface area contributed by atoms with E-state index in [1.54, 1.807) is 24.3 Å². The van der Waals surface area contributed by atoms with E-state index in [2.05, 4.69) is 10.3 Å². The maximum atomic E-state index is 12.1. The first kappa shape index (κ1) is 13.3. The molecule has 0 aliphatic rings. The van der Waals surface area contributed by atoms with Gasteiger partial charge in [-0.3, -0.25) is 10.1 Å². The van der Waals surface area contributed by atoms with Crippen LogP contribution in [0.3, 0.4) is 0 Å². The topological polar surface area (TPSA) is 65.8 Å². The Morgan fingerprint density at radius 2 is 2.00 bits per heavy atom. The van der Waals surface area contributed by atoms with Gasteiger partial charge < -0.3 is 0 Å². The third kappa shape index (κ3) is 2.62. The summed E-state index contributed by atoms with van der Waals surface area (Å²) < 4.78 is 1.05. The molecule has 0 atom stereocenters. The number of aromatic nitrogens is 1. The second-order valence-electron chi connectivity index (χ2n) is 4.58. The number of para-hydroxylation sites is 1. The fraction of sp³-hybridized carbons (Fsp3) is 0.0625. The number of amides is 1. The Bertz CT molecular complexity index is 859. The van der Waals surface area contributed by atoms with Crippen molar-refractivity contribution in [2.24, 2.45) is 0 Å². The number of anilines is 1. The quantitative estimate of drug-likeness (QED) is 0.783. The Kier molecular flexibility index (Phi) is 3.38. The summed E-state index contributed by atoms with van der Waals surface area (Å²) >= 11 is 1.45. The predicted octanol–water partition coefficient (Wildman–Crippen LogP) is 3.73. The minimum absolute atomic E-state index is 0.226. The Hall–Kier alpha value is -2.71. The smallest absolute Gasteiger partial charge is 0.257 e. The number of hydrogen-bond donors (Lipinski definition) is 1. The van der Waals surface area contributed by atoms with Crippen molar-refractivity contribution in [2.45, 2.75) is 6.92 Å². The van der Waals surface area contributed by atoms with Gasteiger partial charge in [0.05, 0.1) is 21.8 Å². The van der Waals surface area contributed by atoms with Crippen molar-refractivity contribution in [2.75, 3.05) is 5.32 Å². The molecule has 0 unspecified atom stereocenters. The van der Waals surface area contributed by atoms with Gasteiger partial charge >= 0.3 is 0 Å². The van der Waals surface area contributed by atoms with Crippen molar-refractivity contribution < 1.29 is 4.79 Å². The maximum Gasteiger partial charge on any atom is 0.257 e. The average molecular weight is 293 g/mol. The van der Waals surface area contributed by atoms with Crippen molar-refractivity contribution in [3.63, 3.8) is 0 Å². The Labute approximate surface area is 125 Å². The van der Waals surface area contributed by atoms with Crippen molar-refractivity contribution in [1.29, 1.82) is 5.26 Å². The second-order valence-corrected chi connectivity index (χ2v) is 5.61. The molecule has 0 saturated heterocycles. The molecule has 3 rings (SSSR count). The van der Waals surface area contributed by atoms with Crippen LogP contribution in [-0.2, 0) is 0 Å². The fourth-order valence-electron chi connectivity index (χ4n) is 2.01. The fourth-order valence-corrected chi connectivity index (χ4v) is 2.94. The number of nitrogens with zero attached hydrogens (tertiary/aromatic N) is 2. The van der Waals surface area contributed by atoms with Crippen molar-refractivity contribution in [3.05, 3.63) is 59.2 Å². The van der Waals surface area contributed by atoms with Crippen LogP contribution in [0.5, 0.6) is 0 Å². The minimum Gasteiger partial charge on any atom is -0.298 e. The van der Waals surface area contributed by atoms with E-state index in [-0.39, 0.29) is 5.91 Å². The van der Waals surface area contributed by atoms with Crippen molar-refractivity contribution in [3.8, 4) is 6.07 Å². The molecule has 5 heteroatoms. The van der Waals surface area contributed by atoms with Gasteiger partial charge in [0.1, 0.15) is 0 Å². The molecule has 0 saturated carbocycles. The number of aryl methyl sites for hydroxylation is 1. The SMILES string of the molecule is Cc1cccc2sc(NC(=O)c3ccc(C#N)cc3)nc12. The lowest BCUT2D eigenvalue weighted by molar-refractivity contribution is 0.102. The normalized spacial score (nSPS) is 10.3. The van der Waals surface area contributed by atoms with E-state index in [4.69, 9.17) is 5.26 Å². The van der Waals surface area contributed by atoms with Crippen LogP contribution in [0.25, 0.3) is 10.2 Å². The molecule has 21 heavy (non-hydrogen) atoms. The zero-order chi connectivity index (χ0) is 14.8. The summed E-state index contributed by atoms with van der Waals surface area (Å²) in [6.07, 6.45) is 0. The van der Waals surface area contributed by atoms with Crippen molar-refractivity contribution in [1.82, 2.24) is 4.98 Å². The summed E-state index contributed by atoms with van der Waals surface area (Å²) in [4.78, 5) is 16.6. The number of carbonyl (C=O) groups is 1. The van der Waals surface area contributed by atoms with Gasteiger partial charge in [-0.2, -0.15) is 5.26 Å². The highest BCUT2D eigenvalue weighted by atomic mass is 32.1. The zero-order valence-electron chi connectivity index (χ0n) is 11.3. The van der Waals surface area contributed by atoms with Crippen LogP contribution in [0, 0.1) is 18.3 Å². The number of fused-ring (bicyclic) bond motifs is 1. The van der Waals surface area contributed by atoms with Gasteiger partial charge in [-0.25, -0.2) is 4.98 Å². The van der Waals surface area contributed by atoms with Gasteiger partial charge in [0, 0.05) is 5.56 Å². The third-order valence-electron chi connectivity index (χ3n) is 3.12. The molecule has 0 radical (unpaired) electrons. The van der Waals surface area contributed by atoms with Crippen LogP contribution >= 0.6 is 11.3 Å². The lowest BCUT2D eigenvalue weighted by Crippen LogP contribution is -2.11. The van der Waals surface area contributed by atoms with Gasteiger partial charge in [-0.1, -0.05) is 23.5 Å². The van der Waals surface area contributed by atoms with Gasteiger partial charge in [-0.15, -0.1) is 0 Å². The Morgan fingerprint density at radius 3 is 2.67 bits per heavy atom. The lowest BCUT2D eigenvalue weighted by atomic mass is 10.1. The van der Waals surface area contributed by atoms with Crippen LogP contribution in [-0.4, -0.2) is 10.9 Å². The number of hydrogen-bond acceptors (Lipinski definition) is 4. The number of nitriles is 1.